The van der Waals surface area contributed by atoms with Crippen molar-refractivity contribution in [1.82, 2.24) is 4.90 Å². The molecule has 0 heterocycles. The number of hydrogen-bond acceptors (Lipinski definition) is 2. The normalized spacial score (nSPS) is 12.2. The molecule has 0 N–H and O–H groups in total. The minimum absolute atomic E-state index is 0.417. The molecule has 0 aliphatic carbocycles. The largest absolute Gasteiger partial charge is 0.401 e. The molecule has 0 radical (unpaired) electrons. The Bertz CT molecular complexity index is 484. The second-order valence-corrected chi connectivity index (χ2v) is 4.66. The van der Waals surface area contributed by atoms with Gasteiger partial charge in [-0.2, -0.15) is 13.2 Å². The number of ketones is 1. The van der Waals surface area contributed by atoms with E-state index in [4.69, 9.17) is 0 Å². The molecular weight excluding hydrogens is 281 g/mol. The summed E-state index contributed by atoms with van der Waals surface area (Å²) in [7, 11) is 0. The Balaban J connectivity index is 2.86. The fraction of sp³-hybridized carbons (Fsp3) is 0.462. The van der Waals surface area contributed by atoms with Gasteiger partial charge in [-0.1, -0.05) is 0 Å². The van der Waals surface area contributed by atoms with Gasteiger partial charge in [0.05, 0.1) is 18.7 Å². The van der Waals surface area contributed by atoms with Crippen molar-refractivity contribution >= 4 is 5.78 Å². The third-order valence-electron chi connectivity index (χ3n) is 2.69. The van der Waals surface area contributed by atoms with Crippen LogP contribution in [0, 0.1) is 11.6 Å². The summed E-state index contributed by atoms with van der Waals surface area (Å²) in [6.45, 7) is 1.15. The summed E-state index contributed by atoms with van der Waals surface area (Å²) in [4.78, 5) is 12.7. The summed E-state index contributed by atoms with van der Waals surface area (Å²) in [5.74, 6) is -2.75. The van der Waals surface area contributed by atoms with E-state index in [-0.39, 0.29) is 0 Å². The number of rotatable bonds is 5. The average molecular weight is 295 g/mol. The molecule has 0 saturated heterocycles. The Morgan fingerprint density at radius 3 is 2.30 bits per heavy atom. The molecule has 7 heteroatoms. The van der Waals surface area contributed by atoms with Crippen LogP contribution in [-0.2, 0) is 0 Å². The summed E-state index contributed by atoms with van der Waals surface area (Å²) < 4.78 is 63.2. The summed E-state index contributed by atoms with van der Waals surface area (Å²) in [5, 5.41) is 0. The zero-order valence-electron chi connectivity index (χ0n) is 11.0. The molecule has 0 aromatic heterocycles. The molecule has 1 aromatic rings. The molecule has 0 spiro atoms. The van der Waals surface area contributed by atoms with Crippen molar-refractivity contribution in [2.45, 2.75) is 26.1 Å². The van der Waals surface area contributed by atoms with E-state index >= 15 is 0 Å². The summed E-state index contributed by atoms with van der Waals surface area (Å²) in [5.41, 5.74) is -0.417. The second-order valence-electron chi connectivity index (χ2n) is 4.66. The van der Waals surface area contributed by atoms with Crippen LogP contribution in [0.3, 0.4) is 0 Å². The maximum atomic E-state index is 13.4. The molecule has 0 atom stereocenters. The number of nitrogens with zero attached hydrogens (tertiary/aromatic N) is 1. The quantitative estimate of drug-likeness (QED) is 0.613. The van der Waals surface area contributed by atoms with Crippen LogP contribution in [0.5, 0.6) is 0 Å². The average Bonchev–Trinajstić information content (AvgIpc) is 2.25. The van der Waals surface area contributed by atoms with E-state index in [1.807, 2.05) is 0 Å². The summed E-state index contributed by atoms with van der Waals surface area (Å²) in [6.07, 6.45) is -4.45. The van der Waals surface area contributed by atoms with Crippen molar-refractivity contribution in [3.63, 3.8) is 0 Å². The summed E-state index contributed by atoms with van der Waals surface area (Å²) >= 11 is 0. The lowest BCUT2D eigenvalue weighted by atomic mass is 10.1. The molecule has 1 aromatic carbocycles. The number of Topliss-reactive ketones (excluding diaryl/α,β-unsaturated/α-hetero) is 1. The van der Waals surface area contributed by atoms with Crippen molar-refractivity contribution in [2.75, 3.05) is 13.1 Å². The molecule has 0 bridgehead atoms. The van der Waals surface area contributed by atoms with Crippen LogP contribution < -0.4 is 0 Å². The maximum absolute atomic E-state index is 13.4. The van der Waals surface area contributed by atoms with Crippen molar-refractivity contribution < 1.29 is 26.7 Å². The predicted molar refractivity (Wildman–Crippen MR) is 63.5 cm³/mol. The predicted octanol–water partition coefficient (Wildman–Crippen LogP) is 3.42. The Kier molecular flexibility index (Phi) is 5.21. The van der Waals surface area contributed by atoms with Gasteiger partial charge in [0.15, 0.2) is 5.78 Å². The van der Waals surface area contributed by atoms with Gasteiger partial charge >= 0.3 is 6.18 Å². The van der Waals surface area contributed by atoms with Gasteiger partial charge in [0.25, 0.3) is 0 Å². The van der Waals surface area contributed by atoms with E-state index in [1.165, 1.54) is 13.8 Å². The Morgan fingerprint density at radius 2 is 1.85 bits per heavy atom. The number of benzene rings is 1. The molecule has 20 heavy (non-hydrogen) atoms. The van der Waals surface area contributed by atoms with Gasteiger partial charge in [-0.3, -0.25) is 9.69 Å². The highest BCUT2D eigenvalue weighted by Gasteiger charge is 2.33. The third-order valence-corrected chi connectivity index (χ3v) is 2.69. The number of halogens is 5. The van der Waals surface area contributed by atoms with E-state index in [1.54, 1.807) is 0 Å². The highest BCUT2D eigenvalue weighted by molar-refractivity contribution is 5.97. The Hall–Kier alpha value is -1.50. The highest BCUT2D eigenvalue weighted by Crippen LogP contribution is 2.19. The Labute approximate surface area is 113 Å². The third kappa shape index (κ3) is 4.88. The monoisotopic (exact) mass is 295 g/mol. The van der Waals surface area contributed by atoms with Gasteiger partial charge in [0.2, 0.25) is 0 Å². The van der Waals surface area contributed by atoms with E-state index in [9.17, 15) is 26.7 Å². The molecule has 2 nitrogen and oxygen atoms in total. The number of hydrogen-bond donors (Lipinski definition) is 0. The van der Waals surface area contributed by atoms with Crippen LogP contribution in [-0.4, -0.2) is 36.0 Å². The van der Waals surface area contributed by atoms with Gasteiger partial charge < -0.3 is 0 Å². The molecule has 0 saturated carbocycles. The second kappa shape index (κ2) is 6.30. The topological polar surface area (TPSA) is 20.3 Å². The minimum Gasteiger partial charge on any atom is -0.293 e. The lowest BCUT2D eigenvalue weighted by Crippen LogP contribution is -2.42. The first kappa shape index (κ1) is 16.6. The van der Waals surface area contributed by atoms with Gasteiger partial charge in [0.1, 0.15) is 11.6 Å². The lowest BCUT2D eigenvalue weighted by molar-refractivity contribution is -0.148. The Morgan fingerprint density at radius 1 is 1.25 bits per heavy atom. The molecular formula is C13H14F5NO. The number of carbonyl (C=O) groups is 1. The lowest BCUT2D eigenvalue weighted by Gasteiger charge is -2.26. The van der Waals surface area contributed by atoms with Crippen molar-refractivity contribution in [2.24, 2.45) is 0 Å². The zero-order valence-corrected chi connectivity index (χ0v) is 11.0. The van der Waals surface area contributed by atoms with E-state index in [2.05, 4.69) is 0 Å². The van der Waals surface area contributed by atoms with Gasteiger partial charge in [-0.05, 0) is 26.0 Å². The SMILES string of the molecule is CC(C)N(CC(=O)c1ccc(F)cc1F)CC(F)(F)F. The van der Waals surface area contributed by atoms with Crippen LogP contribution in [0.25, 0.3) is 0 Å². The van der Waals surface area contributed by atoms with Crippen LogP contribution in [0.2, 0.25) is 0 Å². The van der Waals surface area contributed by atoms with Crippen molar-refractivity contribution in [3.8, 4) is 0 Å². The molecule has 112 valence electrons. The molecule has 0 aliphatic rings. The number of alkyl halides is 3. The van der Waals surface area contributed by atoms with E-state index in [0.717, 1.165) is 17.0 Å². The van der Waals surface area contributed by atoms with Crippen molar-refractivity contribution in [1.29, 1.82) is 0 Å². The van der Waals surface area contributed by atoms with Crippen LogP contribution >= 0.6 is 0 Å². The molecule has 0 unspecified atom stereocenters. The minimum atomic E-state index is -4.45. The van der Waals surface area contributed by atoms with Gasteiger partial charge in [0, 0.05) is 12.1 Å². The standard InChI is InChI=1S/C13H14F5NO/c1-8(2)19(7-13(16,17)18)6-12(20)10-4-3-9(14)5-11(10)15/h3-5,8H,6-7H2,1-2H3. The first-order valence-electron chi connectivity index (χ1n) is 5.89. The number of carbonyl (C=O) groups excluding carboxylic acids is 1. The van der Waals surface area contributed by atoms with Crippen LogP contribution in [0.4, 0.5) is 22.0 Å². The van der Waals surface area contributed by atoms with E-state index in [0.29, 0.717) is 6.07 Å². The fourth-order valence-electron chi connectivity index (χ4n) is 1.64. The molecule has 0 aliphatic heterocycles. The van der Waals surface area contributed by atoms with Gasteiger partial charge in [-0.25, -0.2) is 8.78 Å². The molecule has 0 fully saturated rings. The zero-order chi connectivity index (χ0) is 15.5. The first-order chi connectivity index (χ1) is 9.10. The van der Waals surface area contributed by atoms with E-state index < -0.39 is 48.3 Å². The smallest absolute Gasteiger partial charge is 0.293 e. The summed E-state index contributed by atoms with van der Waals surface area (Å²) in [6, 6.07) is 1.80. The highest BCUT2D eigenvalue weighted by atomic mass is 19.4. The first-order valence-corrected chi connectivity index (χ1v) is 5.89. The van der Waals surface area contributed by atoms with Gasteiger partial charge in [-0.15, -0.1) is 0 Å². The van der Waals surface area contributed by atoms with Crippen molar-refractivity contribution in [3.05, 3.63) is 35.4 Å². The fourth-order valence-corrected chi connectivity index (χ4v) is 1.64. The maximum Gasteiger partial charge on any atom is 0.401 e. The molecule has 1 rings (SSSR count). The van der Waals surface area contributed by atoms with Crippen LogP contribution in [0.1, 0.15) is 24.2 Å². The van der Waals surface area contributed by atoms with Crippen LogP contribution in [0.15, 0.2) is 18.2 Å². The molecule has 0 amide bonds.